The molecule has 3 aromatic rings. The zero-order valence-corrected chi connectivity index (χ0v) is 26.6. The largest absolute Gasteiger partial charge is 0.368 e. The molecular formula is C34H39Cl2N5O3. The number of nitrogens with zero attached hydrogens (tertiary/aromatic N) is 4. The summed E-state index contributed by atoms with van der Waals surface area (Å²) in [5.74, 6) is -0.626. The molecule has 2 heterocycles. The van der Waals surface area contributed by atoms with Crippen LogP contribution in [-0.4, -0.2) is 85.3 Å². The minimum atomic E-state index is -0.554. The van der Waals surface area contributed by atoms with E-state index in [0.717, 1.165) is 68.6 Å². The molecule has 0 aromatic heterocycles. The van der Waals surface area contributed by atoms with Crippen molar-refractivity contribution >= 4 is 46.6 Å². The number of nitrogens with two attached hydrogens (primary N) is 1. The monoisotopic (exact) mass is 635 g/mol. The van der Waals surface area contributed by atoms with Gasteiger partial charge in [0, 0.05) is 37.9 Å². The van der Waals surface area contributed by atoms with Crippen LogP contribution in [0.4, 0.5) is 5.69 Å². The summed E-state index contributed by atoms with van der Waals surface area (Å²) in [6, 6.07) is 20.8. The molecule has 0 saturated carbocycles. The molecular weight excluding hydrogens is 597 g/mol. The van der Waals surface area contributed by atoms with Crippen molar-refractivity contribution < 1.29 is 14.4 Å². The summed E-state index contributed by atoms with van der Waals surface area (Å²) in [6.45, 7) is 4.12. The van der Waals surface area contributed by atoms with Crippen molar-refractivity contribution in [2.45, 2.75) is 31.7 Å². The van der Waals surface area contributed by atoms with Gasteiger partial charge in [-0.05, 0) is 85.8 Å². The predicted octanol–water partition coefficient (Wildman–Crippen LogP) is 5.48. The van der Waals surface area contributed by atoms with Gasteiger partial charge in [-0.2, -0.15) is 0 Å². The van der Waals surface area contributed by atoms with Crippen molar-refractivity contribution in [1.82, 2.24) is 14.7 Å². The van der Waals surface area contributed by atoms with Crippen LogP contribution >= 0.6 is 23.2 Å². The van der Waals surface area contributed by atoms with Crippen molar-refractivity contribution in [3.63, 3.8) is 0 Å². The van der Waals surface area contributed by atoms with Gasteiger partial charge in [-0.1, -0.05) is 59.6 Å². The highest BCUT2D eigenvalue weighted by atomic mass is 35.5. The molecule has 5 rings (SSSR count). The molecule has 3 aromatic carbocycles. The topological polar surface area (TPSA) is 90.2 Å². The number of anilines is 1. The van der Waals surface area contributed by atoms with E-state index >= 15 is 0 Å². The van der Waals surface area contributed by atoms with Crippen molar-refractivity contribution in [2.24, 2.45) is 5.73 Å². The Hall–Kier alpha value is -3.59. The number of halogens is 2. The first-order chi connectivity index (χ1) is 21.2. The number of hydrogen-bond acceptors (Lipinski definition) is 5. The molecule has 10 heteroatoms. The molecule has 232 valence electrons. The van der Waals surface area contributed by atoms with E-state index in [2.05, 4.69) is 29.2 Å². The minimum absolute atomic E-state index is 0.0518. The number of likely N-dealkylation sites (tertiary alicyclic amines) is 2. The summed E-state index contributed by atoms with van der Waals surface area (Å²) in [5.41, 5.74) is 9.82. The van der Waals surface area contributed by atoms with Crippen LogP contribution in [0, 0.1) is 0 Å². The second kappa shape index (κ2) is 14.5. The van der Waals surface area contributed by atoms with Crippen LogP contribution in [0.1, 0.15) is 47.6 Å². The van der Waals surface area contributed by atoms with Crippen LogP contribution in [0.3, 0.4) is 0 Å². The fraction of sp³-hybridized carbons (Fsp3) is 0.382. The fourth-order valence-corrected chi connectivity index (χ4v) is 6.34. The lowest BCUT2D eigenvalue weighted by Gasteiger charge is -2.34. The van der Waals surface area contributed by atoms with Crippen LogP contribution in [0.5, 0.6) is 0 Å². The highest BCUT2D eigenvalue weighted by Crippen LogP contribution is 2.30. The summed E-state index contributed by atoms with van der Waals surface area (Å²) >= 11 is 12.3. The number of amides is 3. The van der Waals surface area contributed by atoms with Gasteiger partial charge in [0.05, 0.1) is 29.2 Å². The highest BCUT2D eigenvalue weighted by Gasteiger charge is 2.28. The normalized spacial score (nSPS) is 15.8. The van der Waals surface area contributed by atoms with Gasteiger partial charge in [-0.3, -0.25) is 14.4 Å². The van der Waals surface area contributed by atoms with Crippen LogP contribution in [-0.2, 0) is 9.59 Å². The Bertz CT molecular complexity index is 1490. The Morgan fingerprint density at radius 2 is 1.50 bits per heavy atom. The fourth-order valence-electron chi connectivity index (χ4n) is 6.05. The van der Waals surface area contributed by atoms with Crippen molar-refractivity contribution in [3.8, 4) is 11.1 Å². The van der Waals surface area contributed by atoms with Gasteiger partial charge >= 0.3 is 0 Å². The zero-order valence-electron chi connectivity index (χ0n) is 25.1. The molecule has 8 nitrogen and oxygen atoms in total. The highest BCUT2D eigenvalue weighted by molar-refractivity contribution is 6.42. The molecule has 2 N–H and O–H groups in total. The second-order valence-corrected chi connectivity index (χ2v) is 12.5. The number of benzene rings is 3. The molecule has 0 spiro atoms. The SMILES string of the molecule is CN(C(=O)CN(CC(N)=O)c1ccc(Cl)c(Cl)c1)C(CN1CCCC1)c1ccc(-c2cccc(C(=O)N3CCCC3)c2)cc1. The van der Waals surface area contributed by atoms with E-state index in [1.807, 2.05) is 36.2 Å². The standard InChI is InChI=1S/C34H39Cl2N5O3/c1-38(33(43)23-41(22-32(37)42)28-13-14-29(35)30(36)20-28)31(21-39-15-2-3-16-39)25-11-9-24(10-12-25)26-7-6-8-27(19-26)34(44)40-17-4-5-18-40/h6-14,19-20,31H,2-5,15-18,21-23H2,1H3,(H2,37,42). The lowest BCUT2D eigenvalue weighted by atomic mass is 9.98. The van der Waals surface area contributed by atoms with Gasteiger partial charge in [0.15, 0.2) is 0 Å². The lowest BCUT2D eigenvalue weighted by Crippen LogP contribution is -2.45. The third kappa shape index (κ3) is 7.73. The number of rotatable bonds is 11. The first-order valence-corrected chi connectivity index (χ1v) is 15.9. The first-order valence-electron chi connectivity index (χ1n) is 15.2. The minimum Gasteiger partial charge on any atom is -0.368 e. The van der Waals surface area contributed by atoms with E-state index in [-0.39, 0.29) is 30.9 Å². The summed E-state index contributed by atoms with van der Waals surface area (Å²) in [6.07, 6.45) is 4.39. The Morgan fingerprint density at radius 1 is 0.818 bits per heavy atom. The Labute approximate surface area is 269 Å². The van der Waals surface area contributed by atoms with E-state index in [9.17, 15) is 14.4 Å². The molecule has 2 aliphatic heterocycles. The maximum Gasteiger partial charge on any atom is 0.253 e. The maximum atomic E-state index is 13.8. The summed E-state index contributed by atoms with van der Waals surface area (Å²) in [4.78, 5) is 46.3. The summed E-state index contributed by atoms with van der Waals surface area (Å²) in [5, 5.41) is 0.717. The average Bonchev–Trinajstić information content (AvgIpc) is 3.75. The van der Waals surface area contributed by atoms with Gasteiger partial charge in [-0.15, -0.1) is 0 Å². The van der Waals surface area contributed by atoms with Crippen LogP contribution in [0.25, 0.3) is 11.1 Å². The number of carbonyl (C=O) groups excluding carboxylic acids is 3. The number of primary amides is 1. The van der Waals surface area contributed by atoms with E-state index < -0.39 is 5.91 Å². The van der Waals surface area contributed by atoms with Gasteiger partial charge in [0.25, 0.3) is 5.91 Å². The average molecular weight is 637 g/mol. The zero-order chi connectivity index (χ0) is 31.2. The van der Waals surface area contributed by atoms with Gasteiger partial charge in [0.2, 0.25) is 11.8 Å². The maximum absolute atomic E-state index is 13.8. The third-order valence-corrected chi connectivity index (χ3v) is 9.30. The van der Waals surface area contributed by atoms with Gasteiger partial charge in [0.1, 0.15) is 0 Å². The summed E-state index contributed by atoms with van der Waals surface area (Å²) in [7, 11) is 1.81. The van der Waals surface area contributed by atoms with Gasteiger partial charge < -0.3 is 25.3 Å². The van der Waals surface area contributed by atoms with E-state index in [1.165, 1.54) is 0 Å². The number of likely N-dealkylation sites (N-methyl/N-ethyl adjacent to an activating group) is 1. The Balaban J connectivity index is 1.36. The van der Waals surface area contributed by atoms with E-state index in [4.69, 9.17) is 28.9 Å². The van der Waals surface area contributed by atoms with E-state index in [1.54, 1.807) is 28.0 Å². The van der Waals surface area contributed by atoms with Gasteiger partial charge in [-0.25, -0.2) is 0 Å². The molecule has 3 amide bonds. The molecule has 2 saturated heterocycles. The van der Waals surface area contributed by atoms with Crippen molar-refractivity contribution in [3.05, 3.63) is 87.9 Å². The van der Waals surface area contributed by atoms with Crippen LogP contribution < -0.4 is 10.6 Å². The molecule has 0 radical (unpaired) electrons. The third-order valence-electron chi connectivity index (χ3n) is 8.56. The summed E-state index contributed by atoms with van der Waals surface area (Å²) < 4.78 is 0. The molecule has 0 aliphatic carbocycles. The molecule has 2 aliphatic rings. The van der Waals surface area contributed by atoms with E-state index in [0.29, 0.717) is 27.8 Å². The Kier molecular flexibility index (Phi) is 10.5. The molecule has 44 heavy (non-hydrogen) atoms. The number of carbonyl (C=O) groups is 3. The quantitative estimate of drug-likeness (QED) is 0.301. The first kappa shape index (κ1) is 31.8. The van der Waals surface area contributed by atoms with Crippen molar-refractivity contribution in [2.75, 3.05) is 57.8 Å². The molecule has 2 fully saturated rings. The van der Waals surface area contributed by atoms with Crippen LogP contribution in [0.2, 0.25) is 10.0 Å². The Morgan fingerprint density at radius 3 is 2.16 bits per heavy atom. The predicted molar refractivity (Wildman–Crippen MR) is 176 cm³/mol. The molecule has 1 atom stereocenters. The molecule has 1 unspecified atom stereocenters. The van der Waals surface area contributed by atoms with Crippen molar-refractivity contribution in [1.29, 1.82) is 0 Å². The smallest absolute Gasteiger partial charge is 0.253 e. The second-order valence-electron chi connectivity index (χ2n) is 11.7. The molecule has 0 bridgehead atoms. The van der Waals surface area contributed by atoms with Crippen LogP contribution in [0.15, 0.2) is 66.7 Å². The lowest BCUT2D eigenvalue weighted by molar-refractivity contribution is -0.131. The number of hydrogen-bond donors (Lipinski definition) is 1.